The minimum atomic E-state index is 0. The van der Waals surface area contributed by atoms with Crippen molar-refractivity contribution in [2.75, 3.05) is 0 Å². The van der Waals surface area contributed by atoms with Crippen LogP contribution in [0.15, 0.2) is 30.8 Å². The first-order chi connectivity index (χ1) is 6.76. The fraction of sp³-hybridized carbons (Fsp3) is 0.357. The zero-order valence-electron chi connectivity index (χ0n) is 10.2. The Morgan fingerprint density at radius 3 is 2.80 bits per heavy atom. The second-order valence-corrected chi connectivity index (χ2v) is 3.83. The normalized spacial score (nSPS) is 11.3. The van der Waals surface area contributed by atoms with Gasteiger partial charge >= 0.3 is 18.9 Å². The minimum absolute atomic E-state index is 0. The summed E-state index contributed by atoms with van der Waals surface area (Å²) < 4.78 is 0. The molecule has 76 valence electrons. The molecule has 0 heterocycles. The van der Waals surface area contributed by atoms with E-state index in [1.54, 1.807) is 0 Å². The van der Waals surface area contributed by atoms with E-state index in [2.05, 4.69) is 51.1 Å². The quantitative estimate of drug-likeness (QED) is 0.490. The molecule has 0 aliphatic heterocycles. The Hall–Kier alpha value is -0.573. The van der Waals surface area contributed by atoms with Gasteiger partial charge in [0.15, 0.2) is 0 Å². The topological polar surface area (TPSA) is 0 Å². The van der Waals surface area contributed by atoms with Crippen LogP contribution in [-0.4, -0.2) is 0 Å². The van der Waals surface area contributed by atoms with Gasteiger partial charge in [-0.25, -0.2) is 0 Å². The predicted molar refractivity (Wildman–Crippen MR) is 64.0 cm³/mol. The standard InChI is InChI=1S/C14H19.Li/c1-4-12(3)9-10-14-8-6-7-13(5-2)11-14;/h5-8,10-12H,2,4,9H2,1,3H3;/q-1;+1. The average molecular weight is 194 g/mol. The van der Waals surface area contributed by atoms with Crippen LogP contribution >= 0.6 is 0 Å². The molecule has 0 bridgehead atoms. The second kappa shape index (κ2) is 7.68. The Kier molecular flexibility index (Phi) is 7.39. The molecule has 1 atom stereocenters. The molecule has 1 heteroatoms. The summed E-state index contributed by atoms with van der Waals surface area (Å²) in [7, 11) is 0. The Balaban J connectivity index is 0.00000196. The SMILES string of the molecule is C=Cc1cccc([CH-]CC(C)CC)c1.[Li+]. The van der Waals surface area contributed by atoms with Crippen molar-refractivity contribution in [3.63, 3.8) is 0 Å². The molecule has 0 saturated carbocycles. The molecule has 0 amide bonds. The molecule has 1 unspecified atom stereocenters. The smallest absolute Gasteiger partial charge is 0.191 e. The van der Waals surface area contributed by atoms with Crippen LogP contribution in [0.4, 0.5) is 0 Å². The van der Waals surface area contributed by atoms with Crippen LogP contribution in [0.5, 0.6) is 0 Å². The third-order valence-electron chi connectivity index (χ3n) is 2.60. The van der Waals surface area contributed by atoms with Crippen molar-refractivity contribution in [2.24, 2.45) is 5.92 Å². The molecule has 1 rings (SSSR count). The van der Waals surface area contributed by atoms with Gasteiger partial charge in [0.05, 0.1) is 0 Å². The Morgan fingerprint density at radius 1 is 1.47 bits per heavy atom. The molecular weight excluding hydrogens is 175 g/mol. The largest absolute Gasteiger partial charge is 1.00 e. The van der Waals surface area contributed by atoms with E-state index < -0.39 is 0 Å². The summed E-state index contributed by atoms with van der Waals surface area (Å²) in [6.45, 7) is 8.29. The molecule has 15 heavy (non-hydrogen) atoms. The van der Waals surface area contributed by atoms with Crippen molar-refractivity contribution in [1.82, 2.24) is 0 Å². The Labute approximate surface area is 106 Å². The molecule has 0 radical (unpaired) electrons. The van der Waals surface area contributed by atoms with E-state index >= 15 is 0 Å². The van der Waals surface area contributed by atoms with Crippen LogP contribution in [0.25, 0.3) is 6.08 Å². The van der Waals surface area contributed by atoms with E-state index in [0.717, 1.165) is 12.3 Å². The molecule has 1 aromatic rings. The molecule has 0 aromatic heterocycles. The first-order valence-electron chi connectivity index (χ1n) is 5.32. The maximum absolute atomic E-state index is 3.77. The molecular formula is C14H19Li. The number of rotatable bonds is 5. The number of benzene rings is 1. The van der Waals surface area contributed by atoms with Crippen LogP contribution in [-0.2, 0) is 0 Å². The fourth-order valence-electron chi connectivity index (χ4n) is 1.32. The van der Waals surface area contributed by atoms with E-state index in [1.807, 2.05) is 6.08 Å². The van der Waals surface area contributed by atoms with Crippen LogP contribution < -0.4 is 18.9 Å². The van der Waals surface area contributed by atoms with Crippen LogP contribution in [0.2, 0.25) is 0 Å². The van der Waals surface area contributed by atoms with Crippen molar-refractivity contribution < 1.29 is 18.9 Å². The fourth-order valence-corrected chi connectivity index (χ4v) is 1.32. The van der Waals surface area contributed by atoms with E-state index in [1.165, 1.54) is 17.5 Å². The summed E-state index contributed by atoms with van der Waals surface area (Å²) >= 11 is 0. The third-order valence-corrected chi connectivity index (χ3v) is 2.60. The third kappa shape index (κ3) is 5.16. The summed E-state index contributed by atoms with van der Waals surface area (Å²) in [6.07, 6.45) is 6.61. The van der Waals surface area contributed by atoms with Crippen molar-refractivity contribution in [1.29, 1.82) is 0 Å². The summed E-state index contributed by atoms with van der Waals surface area (Å²) in [5, 5.41) is 0. The van der Waals surface area contributed by atoms with Gasteiger partial charge in [0.25, 0.3) is 0 Å². The van der Waals surface area contributed by atoms with Gasteiger partial charge in [0.1, 0.15) is 0 Å². The molecule has 0 aliphatic rings. The van der Waals surface area contributed by atoms with Crippen molar-refractivity contribution >= 4 is 6.08 Å². The van der Waals surface area contributed by atoms with Gasteiger partial charge in [-0.05, 0) is 0 Å². The minimum Gasteiger partial charge on any atom is -0.191 e. The first kappa shape index (κ1) is 14.4. The van der Waals surface area contributed by atoms with Crippen LogP contribution in [0, 0.1) is 12.3 Å². The van der Waals surface area contributed by atoms with E-state index in [4.69, 9.17) is 0 Å². The number of hydrogen-bond donors (Lipinski definition) is 0. The molecule has 0 spiro atoms. The molecule has 0 fully saturated rings. The van der Waals surface area contributed by atoms with E-state index in [9.17, 15) is 0 Å². The molecule has 0 N–H and O–H groups in total. The van der Waals surface area contributed by atoms with Gasteiger partial charge in [-0.3, -0.25) is 0 Å². The number of hydrogen-bond acceptors (Lipinski definition) is 0. The Morgan fingerprint density at radius 2 is 2.20 bits per heavy atom. The monoisotopic (exact) mass is 194 g/mol. The molecule has 0 saturated heterocycles. The van der Waals surface area contributed by atoms with E-state index in [-0.39, 0.29) is 18.9 Å². The van der Waals surface area contributed by atoms with Crippen molar-refractivity contribution in [2.45, 2.75) is 26.7 Å². The van der Waals surface area contributed by atoms with Gasteiger partial charge in [0.2, 0.25) is 0 Å². The van der Waals surface area contributed by atoms with Crippen LogP contribution in [0.3, 0.4) is 0 Å². The molecule has 0 nitrogen and oxygen atoms in total. The molecule has 1 aromatic carbocycles. The summed E-state index contributed by atoms with van der Waals surface area (Å²) in [6, 6.07) is 8.48. The van der Waals surface area contributed by atoms with Gasteiger partial charge in [0, 0.05) is 0 Å². The van der Waals surface area contributed by atoms with Crippen LogP contribution in [0.1, 0.15) is 37.8 Å². The van der Waals surface area contributed by atoms with Gasteiger partial charge < -0.3 is 0 Å². The average Bonchev–Trinajstić information content (AvgIpc) is 2.26. The first-order valence-corrected chi connectivity index (χ1v) is 5.32. The maximum atomic E-state index is 3.77. The predicted octanol–water partition coefficient (Wildman–Crippen LogP) is 1.32. The van der Waals surface area contributed by atoms with Crippen molar-refractivity contribution in [3.8, 4) is 0 Å². The molecule has 0 aliphatic carbocycles. The Bertz CT molecular complexity index is 291. The summed E-state index contributed by atoms with van der Waals surface area (Å²) in [5.74, 6) is 0.780. The van der Waals surface area contributed by atoms with Gasteiger partial charge in [-0.15, -0.1) is 6.07 Å². The van der Waals surface area contributed by atoms with Gasteiger partial charge in [-0.2, -0.15) is 24.1 Å². The van der Waals surface area contributed by atoms with Gasteiger partial charge in [-0.1, -0.05) is 56.9 Å². The summed E-state index contributed by atoms with van der Waals surface area (Å²) in [5.41, 5.74) is 2.51. The van der Waals surface area contributed by atoms with Crippen molar-refractivity contribution in [3.05, 3.63) is 48.4 Å². The maximum Gasteiger partial charge on any atom is 1.00 e. The zero-order chi connectivity index (χ0) is 10.4. The zero-order valence-corrected chi connectivity index (χ0v) is 10.2. The second-order valence-electron chi connectivity index (χ2n) is 3.83. The summed E-state index contributed by atoms with van der Waals surface area (Å²) in [4.78, 5) is 0. The van der Waals surface area contributed by atoms with E-state index in [0.29, 0.717) is 0 Å².